The number of nitrogens with zero attached hydrogens (tertiary/aromatic N) is 2. The van der Waals surface area contributed by atoms with E-state index in [9.17, 15) is 14.9 Å². The standard InChI is InChI=1S/C23H20N4O3S/c1-14-20(22(29)27-16-6-4-3-5-7-16)21(15-8-10-17(30-2)11-9-15)18(12-24)23(26-14)31-13-19(25)28/h3-11H,13H2,1-2H3,(H2,25,28)(H,27,29). The highest BCUT2D eigenvalue weighted by Gasteiger charge is 2.24. The second kappa shape index (κ2) is 9.78. The number of carbonyl (C=O) groups is 2. The SMILES string of the molecule is COc1ccc(-c2c(C#N)c(SCC(N)=O)nc(C)c2C(=O)Nc2ccccc2)cc1. The van der Waals surface area contributed by atoms with Gasteiger partial charge < -0.3 is 15.8 Å². The van der Waals surface area contributed by atoms with Gasteiger partial charge in [-0.2, -0.15) is 5.26 Å². The zero-order chi connectivity index (χ0) is 22.4. The lowest BCUT2D eigenvalue weighted by atomic mass is 9.94. The largest absolute Gasteiger partial charge is 0.497 e. The van der Waals surface area contributed by atoms with Crippen molar-refractivity contribution >= 4 is 29.3 Å². The number of hydrogen-bond acceptors (Lipinski definition) is 6. The van der Waals surface area contributed by atoms with Crippen LogP contribution in [-0.2, 0) is 4.79 Å². The molecule has 1 heterocycles. The van der Waals surface area contributed by atoms with E-state index in [1.807, 2.05) is 18.2 Å². The predicted molar refractivity (Wildman–Crippen MR) is 120 cm³/mol. The van der Waals surface area contributed by atoms with Crippen molar-refractivity contribution in [1.82, 2.24) is 4.98 Å². The summed E-state index contributed by atoms with van der Waals surface area (Å²) in [5.41, 5.74) is 7.92. The summed E-state index contributed by atoms with van der Waals surface area (Å²) in [7, 11) is 1.56. The molecule has 0 saturated heterocycles. The molecule has 0 aliphatic heterocycles. The average Bonchev–Trinajstić information content (AvgIpc) is 2.77. The predicted octanol–water partition coefficient (Wildman–Crippen LogP) is 3.77. The number of benzene rings is 2. The van der Waals surface area contributed by atoms with E-state index in [4.69, 9.17) is 10.5 Å². The Balaban J connectivity index is 2.19. The highest BCUT2D eigenvalue weighted by Crippen LogP contribution is 2.36. The molecule has 2 aromatic carbocycles. The fourth-order valence-electron chi connectivity index (χ4n) is 3.06. The minimum Gasteiger partial charge on any atom is -0.497 e. The maximum Gasteiger partial charge on any atom is 0.258 e. The van der Waals surface area contributed by atoms with Crippen LogP contribution in [0.15, 0.2) is 59.6 Å². The maximum absolute atomic E-state index is 13.2. The molecular formula is C23H20N4O3S. The Kier molecular flexibility index (Phi) is 6.90. The molecule has 3 N–H and O–H groups in total. The van der Waals surface area contributed by atoms with Crippen molar-refractivity contribution < 1.29 is 14.3 Å². The van der Waals surface area contributed by atoms with Crippen LogP contribution in [0.5, 0.6) is 5.75 Å². The molecule has 2 amide bonds. The number of thioether (sulfide) groups is 1. The second-order valence-electron chi connectivity index (χ2n) is 6.54. The van der Waals surface area contributed by atoms with Crippen molar-refractivity contribution in [3.8, 4) is 22.9 Å². The molecule has 3 aromatic rings. The number of nitrogens with two attached hydrogens (primary N) is 1. The number of carbonyl (C=O) groups excluding carboxylic acids is 2. The lowest BCUT2D eigenvalue weighted by molar-refractivity contribution is -0.115. The van der Waals surface area contributed by atoms with E-state index in [-0.39, 0.29) is 22.8 Å². The highest BCUT2D eigenvalue weighted by molar-refractivity contribution is 8.00. The van der Waals surface area contributed by atoms with E-state index in [0.717, 1.165) is 11.8 Å². The van der Waals surface area contributed by atoms with Gasteiger partial charge in [-0.3, -0.25) is 9.59 Å². The quantitative estimate of drug-likeness (QED) is 0.549. The monoisotopic (exact) mass is 432 g/mol. The summed E-state index contributed by atoms with van der Waals surface area (Å²) in [6.45, 7) is 1.70. The molecule has 0 fully saturated rings. The second-order valence-corrected chi connectivity index (χ2v) is 7.51. The van der Waals surface area contributed by atoms with Gasteiger partial charge in [0.2, 0.25) is 5.91 Å². The first-order valence-electron chi connectivity index (χ1n) is 9.31. The molecule has 0 bridgehead atoms. The third-order valence-electron chi connectivity index (χ3n) is 4.45. The summed E-state index contributed by atoms with van der Waals surface area (Å²) in [6.07, 6.45) is 0. The molecule has 0 radical (unpaired) electrons. The summed E-state index contributed by atoms with van der Waals surface area (Å²) in [4.78, 5) is 29.0. The van der Waals surface area contributed by atoms with Crippen LogP contribution >= 0.6 is 11.8 Å². The number of aromatic nitrogens is 1. The van der Waals surface area contributed by atoms with Gasteiger partial charge in [-0.1, -0.05) is 42.1 Å². The van der Waals surface area contributed by atoms with Gasteiger partial charge in [-0.05, 0) is 36.8 Å². The third kappa shape index (κ3) is 5.02. The molecule has 31 heavy (non-hydrogen) atoms. The molecule has 156 valence electrons. The fraction of sp³-hybridized carbons (Fsp3) is 0.130. The topological polar surface area (TPSA) is 118 Å². The van der Waals surface area contributed by atoms with Crippen molar-refractivity contribution in [2.24, 2.45) is 5.73 Å². The Bertz CT molecular complexity index is 1160. The van der Waals surface area contributed by atoms with Gasteiger partial charge in [0, 0.05) is 11.3 Å². The Morgan fingerprint density at radius 2 is 1.84 bits per heavy atom. The van der Waals surface area contributed by atoms with Crippen molar-refractivity contribution in [3.05, 3.63) is 71.4 Å². The van der Waals surface area contributed by atoms with Crippen molar-refractivity contribution in [1.29, 1.82) is 5.26 Å². The summed E-state index contributed by atoms with van der Waals surface area (Å²) < 4.78 is 5.22. The van der Waals surface area contributed by atoms with E-state index < -0.39 is 5.91 Å². The number of primary amides is 1. The van der Waals surface area contributed by atoms with Crippen LogP contribution in [0.4, 0.5) is 5.69 Å². The minimum absolute atomic E-state index is 0.0290. The van der Waals surface area contributed by atoms with Gasteiger partial charge in [0.1, 0.15) is 16.8 Å². The summed E-state index contributed by atoms with van der Waals surface area (Å²) in [5.74, 6) is -0.291. The molecule has 0 aliphatic rings. The zero-order valence-electron chi connectivity index (χ0n) is 17.0. The van der Waals surface area contributed by atoms with E-state index >= 15 is 0 Å². The van der Waals surface area contributed by atoms with E-state index in [0.29, 0.717) is 33.3 Å². The van der Waals surface area contributed by atoms with Gasteiger partial charge in [0.15, 0.2) is 0 Å². The Morgan fingerprint density at radius 3 is 2.42 bits per heavy atom. The molecule has 3 rings (SSSR count). The number of para-hydroxylation sites is 1. The molecule has 0 saturated carbocycles. The molecule has 1 aromatic heterocycles. The smallest absolute Gasteiger partial charge is 0.258 e. The Hall–Kier alpha value is -3.83. The first kappa shape index (κ1) is 21.9. The van der Waals surface area contributed by atoms with E-state index in [1.54, 1.807) is 50.4 Å². The van der Waals surface area contributed by atoms with Gasteiger partial charge in [-0.15, -0.1) is 0 Å². The highest BCUT2D eigenvalue weighted by atomic mass is 32.2. The summed E-state index contributed by atoms with van der Waals surface area (Å²) >= 11 is 1.07. The Labute approximate surface area is 184 Å². The van der Waals surface area contributed by atoms with Crippen LogP contribution in [0.1, 0.15) is 21.6 Å². The van der Waals surface area contributed by atoms with Crippen LogP contribution in [0, 0.1) is 18.3 Å². The molecule has 7 nitrogen and oxygen atoms in total. The number of rotatable bonds is 7. The third-order valence-corrected chi connectivity index (χ3v) is 5.44. The molecule has 8 heteroatoms. The number of hydrogen-bond donors (Lipinski definition) is 2. The van der Waals surface area contributed by atoms with Crippen LogP contribution in [-0.4, -0.2) is 29.7 Å². The summed E-state index contributed by atoms with van der Waals surface area (Å²) in [5, 5.41) is 13.1. The van der Waals surface area contributed by atoms with E-state index in [2.05, 4.69) is 16.4 Å². The fourth-order valence-corrected chi connectivity index (χ4v) is 3.84. The van der Waals surface area contributed by atoms with Crippen LogP contribution in [0.25, 0.3) is 11.1 Å². The van der Waals surface area contributed by atoms with Crippen molar-refractivity contribution in [3.63, 3.8) is 0 Å². The molecule has 0 atom stereocenters. The van der Waals surface area contributed by atoms with Crippen molar-refractivity contribution in [2.45, 2.75) is 11.9 Å². The molecular weight excluding hydrogens is 412 g/mol. The van der Waals surface area contributed by atoms with Crippen LogP contribution in [0.3, 0.4) is 0 Å². The Morgan fingerprint density at radius 1 is 1.16 bits per heavy atom. The summed E-state index contributed by atoms with van der Waals surface area (Å²) in [6, 6.07) is 18.2. The lowest BCUT2D eigenvalue weighted by Gasteiger charge is -2.17. The van der Waals surface area contributed by atoms with Crippen LogP contribution in [0.2, 0.25) is 0 Å². The number of nitriles is 1. The number of anilines is 1. The lowest BCUT2D eigenvalue weighted by Crippen LogP contribution is -2.18. The zero-order valence-corrected chi connectivity index (χ0v) is 17.8. The van der Waals surface area contributed by atoms with Crippen LogP contribution < -0.4 is 15.8 Å². The van der Waals surface area contributed by atoms with Gasteiger partial charge >= 0.3 is 0 Å². The first-order chi connectivity index (χ1) is 14.9. The normalized spacial score (nSPS) is 10.2. The molecule has 0 unspecified atom stereocenters. The molecule has 0 aliphatic carbocycles. The number of nitrogens with one attached hydrogen (secondary N) is 1. The first-order valence-corrected chi connectivity index (χ1v) is 10.3. The number of methoxy groups -OCH3 is 1. The van der Waals surface area contributed by atoms with Gasteiger partial charge in [-0.25, -0.2) is 4.98 Å². The number of aryl methyl sites for hydroxylation is 1. The van der Waals surface area contributed by atoms with Crippen molar-refractivity contribution in [2.75, 3.05) is 18.2 Å². The minimum atomic E-state index is -0.523. The average molecular weight is 433 g/mol. The van der Waals surface area contributed by atoms with E-state index in [1.165, 1.54) is 0 Å². The molecule has 0 spiro atoms. The number of amides is 2. The maximum atomic E-state index is 13.2. The number of pyridine rings is 1. The van der Waals surface area contributed by atoms with Gasteiger partial charge in [0.25, 0.3) is 5.91 Å². The number of ether oxygens (including phenoxy) is 1. The van der Waals surface area contributed by atoms with Gasteiger partial charge in [0.05, 0.1) is 29.7 Å².